The van der Waals surface area contributed by atoms with Crippen molar-refractivity contribution in [2.24, 2.45) is 0 Å². The van der Waals surface area contributed by atoms with E-state index in [-0.39, 0.29) is 0 Å². The number of hydrogen-bond donors (Lipinski definition) is 1. The van der Waals surface area contributed by atoms with Crippen LogP contribution in [0, 0.1) is 0 Å². The molecule has 1 saturated carbocycles. The molecule has 1 unspecified atom stereocenters. The second kappa shape index (κ2) is 8.38. The minimum absolute atomic E-state index is 0.484. The summed E-state index contributed by atoms with van der Waals surface area (Å²) in [7, 11) is 0. The Kier molecular flexibility index (Phi) is 5.32. The third kappa shape index (κ3) is 3.49. The number of halogens is 2. The lowest BCUT2D eigenvalue weighted by Gasteiger charge is -2.10. The highest BCUT2D eigenvalue weighted by Crippen LogP contribution is 2.39. The molecule has 1 aliphatic rings. The molecule has 6 rings (SSSR count). The lowest BCUT2D eigenvalue weighted by Crippen LogP contribution is -2.04. The number of hydrogen-bond acceptors (Lipinski definition) is 4. The van der Waals surface area contributed by atoms with Gasteiger partial charge in [-0.05, 0) is 44.0 Å². The highest BCUT2D eigenvalue weighted by Gasteiger charge is 2.23. The highest BCUT2D eigenvalue weighted by atomic mass is 35.5. The zero-order valence-electron chi connectivity index (χ0n) is 18.6. The molecule has 172 valence electrons. The summed E-state index contributed by atoms with van der Waals surface area (Å²) >= 11 is 13.0. The number of aliphatic hydroxyl groups is 1. The molecule has 34 heavy (non-hydrogen) atoms. The van der Waals surface area contributed by atoms with Crippen molar-refractivity contribution in [3.05, 3.63) is 70.9 Å². The van der Waals surface area contributed by atoms with Crippen LogP contribution >= 0.6 is 23.2 Å². The van der Waals surface area contributed by atoms with Crippen molar-refractivity contribution in [3.8, 4) is 22.4 Å². The maximum absolute atomic E-state index is 10.7. The lowest BCUT2D eigenvalue weighted by atomic mass is 10.1. The molecular formula is C26H23Cl2N5O. The van der Waals surface area contributed by atoms with Crippen molar-refractivity contribution >= 4 is 39.8 Å². The van der Waals surface area contributed by atoms with E-state index < -0.39 is 6.10 Å². The smallest absolute Gasteiger partial charge is 0.147 e. The minimum atomic E-state index is -0.782. The summed E-state index contributed by atoms with van der Waals surface area (Å²) in [4.78, 5) is 9.63. The monoisotopic (exact) mass is 491 g/mol. The SMILES string of the molecule is CC(O)c1c(-c2c(Cl)cccc2Cl)nc2c3cc(-c4cnn(C5CCCC5)c4)cnc3ccn12. The number of imidazole rings is 1. The average molecular weight is 492 g/mol. The molecule has 0 spiro atoms. The van der Waals surface area contributed by atoms with Gasteiger partial charge in [-0.3, -0.25) is 9.67 Å². The molecule has 1 fully saturated rings. The number of rotatable bonds is 4. The summed E-state index contributed by atoms with van der Waals surface area (Å²) in [5, 5.41) is 17.1. The van der Waals surface area contributed by atoms with Gasteiger partial charge in [-0.1, -0.05) is 42.1 Å². The Balaban J connectivity index is 1.55. The predicted molar refractivity (Wildman–Crippen MR) is 135 cm³/mol. The molecule has 0 bridgehead atoms. The maximum Gasteiger partial charge on any atom is 0.147 e. The molecule has 0 aliphatic heterocycles. The van der Waals surface area contributed by atoms with Crippen LogP contribution in [0.3, 0.4) is 0 Å². The second-order valence-corrected chi connectivity index (χ2v) is 9.75. The van der Waals surface area contributed by atoms with Crippen LogP contribution in [0.1, 0.15) is 50.4 Å². The summed E-state index contributed by atoms with van der Waals surface area (Å²) in [6.07, 6.45) is 11.9. The Morgan fingerprint density at radius 1 is 1.06 bits per heavy atom. The van der Waals surface area contributed by atoms with Gasteiger partial charge >= 0.3 is 0 Å². The van der Waals surface area contributed by atoms with Crippen molar-refractivity contribution in [1.82, 2.24) is 24.1 Å². The van der Waals surface area contributed by atoms with Gasteiger partial charge in [-0.25, -0.2) is 4.98 Å². The first-order chi connectivity index (χ1) is 16.5. The zero-order valence-corrected chi connectivity index (χ0v) is 20.1. The minimum Gasteiger partial charge on any atom is -0.387 e. The van der Waals surface area contributed by atoms with Crippen LogP contribution in [0.4, 0.5) is 0 Å². The summed E-state index contributed by atoms with van der Waals surface area (Å²) < 4.78 is 3.99. The summed E-state index contributed by atoms with van der Waals surface area (Å²) in [5.41, 5.74) is 5.32. The Labute approximate surface area is 206 Å². The number of nitrogens with zero attached hydrogens (tertiary/aromatic N) is 5. The Morgan fingerprint density at radius 2 is 1.82 bits per heavy atom. The molecule has 0 saturated heterocycles. The molecule has 1 aliphatic carbocycles. The van der Waals surface area contributed by atoms with Crippen molar-refractivity contribution in [2.45, 2.75) is 44.8 Å². The van der Waals surface area contributed by atoms with Crippen LogP contribution in [-0.2, 0) is 0 Å². The Bertz CT molecular complexity index is 1510. The predicted octanol–water partition coefficient (Wildman–Crippen LogP) is 6.89. The quantitative estimate of drug-likeness (QED) is 0.297. The molecule has 1 atom stereocenters. The van der Waals surface area contributed by atoms with E-state index >= 15 is 0 Å². The van der Waals surface area contributed by atoms with Gasteiger partial charge in [0.25, 0.3) is 0 Å². The summed E-state index contributed by atoms with van der Waals surface area (Å²) in [6, 6.07) is 9.85. The number of benzene rings is 1. The first-order valence-electron chi connectivity index (χ1n) is 11.5. The van der Waals surface area contributed by atoms with Crippen LogP contribution in [0.2, 0.25) is 10.0 Å². The molecule has 1 aromatic carbocycles. The van der Waals surface area contributed by atoms with Gasteiger partial charge in [-0.15, -0.1) is 0 Å². The van der Waals surface area contributed by atoms with E-state index in [1.54, 1.807) is 25.1 Å². The molecule has 4 heterocycles. The van der Waals surface area contributed by atoms with Gasteiger partial charge in [0.2, 0.25) is 0 Å². The standard InChI is InChI=1S/C26H23Cl2N5O/c1-15(34)25-24(23-20(27)7-4-8-21(23)28)31-26-19-11-16(12-29-22(19)9-10-32(25)26)17-13-30-33(14-17)18-5-2-3-6-18/h4,7-15,18,34H,2-3,5-6H2,1H3. The topological polar surface area (TPSA) is 68.2 Å². The molecule has 8 heteroatoms. The van der Waals surface area contributed by atoms with Crippen LogP contribution < -0.4 is 0 Å². The summed E-state index contributed by atoms with van der Waals surface area (Å²) in [5.74, 6) is 0. The van der Waals surface area contributed by atoms with Crippen molar-refractivity contribution < 1.29 is 5.11 Å². The third-order valence-corrected chi connectivity index (χ3v) is 7.35. The number of pyridine rings is 2. The van der Waals surface area contributed by atoms with Crippen LogP contribution in [-0.4, -0.2) is 29.3 Å². The fourth-order valence-electron chi connectivity index (χ4n) is 5.04. The van der Waals surface area contributed by atoms with Crippen LogP contribution in [0.15, 0.2) is 55.1 Å². The van der Waals surface area contributed by atoms with Gasteiger partial charge in [-0.2, -0.15) is 5.10 Å². The van der Waals surface area contributed by atoms with Gasteiger partial charge < -0.3 is 9.51 Å². The van der Waals surface area contributed by atoms with Gasteiger partial charge in [0, 0.05) is 40.7 Å². The van der Waals surface area contributed by atoms with Crippen molar-refractivity contribution in [1.29, 1.82) is 0 Å². The molecule has 0 radical (unpaired) electrons. The second-order valence-electron chi connectivity index (χ2n) is 8.93. The molecule has 1 N–H and O–H groups in total. The Morgan fingerprint density at radius 3 is 2.56 bits per heavy atom. The van der Waals surface area contributed by atoms with E-state index in [0.29, 0.717) is 38.7 Å². The van der Waals surface area contributed by atoms with E-state index in [4.69, 9.17) is 33.2 Å². The first kappa shape index (κ1) is 21.6. The zero-order chi connectivity index (χ0) is 23.4. The first-order valence-corrected chi connectivity index (χ1v) is 12.2. The number of aliphatic hydroxyl groups excluding tert-OH is 1. The van der Waals surface area contributed by atoms with Gasteiger partial charge in [0.1, 0.15) is 5.65 Å². The molecule has 5 aromatic rings. The fraction of sp³-hybridized carbons (Fsp3) is 0.269. The van der Waals surface area contributed by atoms with Crippen molar-refractivity contribution in [3.63, 3.8) is 0 Å². The van der Waals surface area contributed by atoms with Gasteiger partial charge in [0.15, 0.2) is 0 Å². The number of aromatic nitrogens is 5. The van der Waals surface area contributed by atoms with E-state index in [9.17, 15) is 5.11 Å². The fourth-order valence-corrected chi connectivity index (χ4v) is 5.62. The molecule has 0 amide bonds. The third-order valence-electron chi connectivity index (χ3n) is 6.72. The average Bonchev–Trinajstić information content (AvgIpc) is 3.57. The normalized spacial score (nSPS) is 15.5. The Hall–Kier alpha value is -2.93. The van der Waals surface area contributed by atoms with E-state index in [2.05, 4.69) is 22.0 Å². The highest BCUT2D eigenvalue weighted by molar-refractivity contribution is 6.39. The molecule has 4 aromatic heterocycles. The molecular weight excluding hydrogens is 469 g/mol. The van der Waals surface area contributed by atoms with Crippen LogP contribution in [0.25, 0.3) is 38.9 Å². The van der Waals surface area contributed by atoms with E-state index in [0.717, 1.165) is 22.0 Å². The number of fused-ring (bicyclic) bond motifs is 3. The largest absolute Gasteiger partial charge is 0.387 e. The maximum atomic E-state index is 10.7. The van der Waals surface area contributed by atoms with Crippen molar-refractivity contribution in [2.75, 3.05) is 0 Å². The van der Waals surface area contributed by atoms with E-state index in [1.165, 1.54) is 25.7 Å². The van der Waals surface area contributed by atoms with E-state index in [1.807, 2.05) is 29.1 Å². The lowest BCUT2D eigenvalue weighted by molar-refractivity contribution is 0.194. The molecule has 6 nitrogen and oxygen atoms in total. The summed E-state index contributed by atoms with van der Waals surface area (Å²) in [6.45, 7) is 1.72. The van der Waals surface area contributed by atoms with Crippen LogP contribution in [0.5, 0.6) is 0 Å². The van der Waals surface area contributed by atoms with Gasteiger partial charge in [0.05, 0.1) is 45.3 Å².